The molecule has 5 amide bonds. The lowest BCUT2D eigenvalue weighted by atomic mass is 9.83. The van der Waals surface area contributed by atoms with Crippen LogP contribution in [0.15, 0.2) is 0 Å². The summed E-state index contributed by atoms with van der Waals surface area (Å²) >= 11 is 0. The van der Waals surface area contributed by atoms with Gasteiger partial charge < -0.3 is 26.6 Å². The smallest absolute Gasteiger partial charge is 0.220 e. The number of ketones is 4. The molecule has 0 aliphatic carbocycles. The van der Waals surface area contributed by atoms with Gasteiger partial charge in [0, 0.05) is 113 Å². The van der Waals surface area contributed by atoms with Crippen molar-refractivity contribution in [2.24, 2.45) is 11.3 Å². The van der Waals surface area contributed by atoms with Gasteiger partial charge in [0.1, 0.15) is 23.1 Å². The van der Waals surface area contributed by atoms with Crippen molar-refractivity contribution in [3.63, 3.8) is 0 Å². The van der Waals surface area contributed by atoms with E-state index in [1.165, 1.54) is 0 Å². The van der Waals surface area contributed by atoms with Crippen molar-refractivity contribution in [3.8, 4) is 0 Å². The van der Waals surface area contributed by atoms with Crippen LogP contribution in [0.25, 0.3) is 0 Å². The van der Waals surface area contributed by atoms with Gasteiger partial charge in [-0.2, -0.15) is 0 Å². The molecule has 0 saturated heterocycles. The first-order valence-electron chi connectivity index (χ1n) is 28.5. The van der Waals surface area contributed by atoms with Crippen molar-refractivity contribution in [2.75, 3.05) is 19.6 Å². The molecule has 438 valence electrons. The van der Waals surface area contributed by atoms with Crippen molar-refractivity contribution in [1.82, 2.24) is 26.6 Å². The summed E-state index contributed by atoms with van der Waals surface area (Å²) in [5.41, 5.74) is -0.122. The highest BCUT2D eigenvalue weighted by Gasteiger charge is 2.23. The van der Waals surface area contributed by atoms with E-state index in [-0.39, 0.29) is 46.4 Å². The zero-order valence-corrected chi connectivity index (χ0v) is 52.4. The van der Waals surface area contributed by atoms with E-state index in [1.807, 2.05) is 138 Å². The third-order valence-corrected chi connectivity index (χ3v) is 10.7. The summed E-state index contributed by atoms with van der Waals surface area (Å²) in [6.45, 7) is 49.5. The maximum atomic E-state index is 11.3. The molecule has 0 aromatic carbocycles. The maximum Gasteiger partial charge on any atom is 0.220 e. The van der Waals surface area contributed by atoms with Crippen molar-refractivity contribution in [3.05, 3.63) is 0 Å². The first-order valence-corrected chi connectivity index (χ1v) is 28.5. The summed E-state index contributed by atoms with van der Waals surface area (Å²) in [7, 11) is 0. The van der Waals surface area contributed by atoms with E-state index >= 15 is 0 Å². The maximum absolute atomic E-state index is 11.3. The van der Waals surface area contributed by atoms with Crippen LogP contribution in [0, 0.1) is 11.3 Å². The highest BCUT2D eigenvalue weighted by atomic mass is 16.2. The van der Waals surface area contributed by atoms with Crippen LogP contribution < -0.4 is 26.6 Å². The summed E-state index contributed by atoms with van der Waals surface area (Å²) in [5, 5.41) is 13.7. The first kappa shape index (κ1) is 88.7. The minimum absolute atomic E-state index is 0.0346. The average Bonchev–Trinajstić information content (AvgIpc) is 3.37. The summed E-state index contributed by atoms with van der Waals surface area (Å²) < 4.78 is 0. The van der Waals surface area contributed by atoms with Crippen molar-refractivity contribution >= 4 is 52.7 Å². The molecule has 5 N–H and O–H groups in total. The van der Waals surface area contributed by atoms with E-state index in [0.717, 1.165) is 96.7 Å². The molecular formula is C59H123N5O9. The summed E-state index contributed by atoms with van der Waals surface area (Å²) in [6.07, 6.45) is 15.2. The molecule has 0 aromatic rings. The Labute approximate surface area is 451 Å². The van der Waals surface area contributed by atoms with Gasteiger partial charge in [-0.3, -0.25) is 43.2 Å². The summed E-state index contributed by atoms with van der Waals surface area (Å²) in [4.78, 5) is 95.5. The molecule has 0 spiro atoms. The van der Waals surface area contributed by atoms with Crippen molar-refractivity contribution in [2.45, 2.75) is 300 Å². The van der Waals surface area contributed by atoms with Crippen molar-refractivity contribution in [1.29, 1.82) is 0 Å². The minimum Gasteiger partial charge on any atom is -0.356 e. The van der Waals surface area contributed by atoms with E-state index in [4.69, 9.17) is 0 Å². The Morgan fingerprint density at radius 2 is 0.712 bits per heavy atom. The largest absolute Gasteiger partial charge is 0.356 e. The second kappa shape index (κ2) is 66.0. The Kier molecular flexibility index (Phi) is 80.2. The van der Waals surface area contributed by atoms with Gasteiger partial charge in [0.2, 0.25) is 29.5 Å². The SMILES string of the molecule is CCC(=O)NC(C)(C)CC.CCC(=O)NC(C)CC.CCCC(=O)C(C)(C)CC.CCCC(=O)C(C)CC.CCCC(=O)CC.CCCC(=O)CC.CCNC(=O)CC.CCNC(=O)CC.CCNC(=O)CC. The number of hydrogen-bond acceptors (Lipinski definition) is 9. The fourth-order valence-electron chi connectivity index (χ4n) is 4.39. The van der Waals surface area contributed by atoms with Crippen LogP contribution in [0.4, 0.5) is 0 Å². The quantitative estimate of drug-likeness (QED) is 0.0556. The molecule has 2 unspecified atom stereocenters. The third-order valence-electron chi connectivity index (χ3n) is 10.7. The van der Waals surface area contributed by atoms with Gasteiger partial charge >= 0.3 is 0 Å². The van der Waals surface area contributed by atoms with Crippen LogP contribution in [0.5, 0.6) is 0 Å². The number of rotatable bonds is 26. The molecule has 0 aliphatic heterocycles. The van der Waals surface area contributed by atoms with Gasteiger partial charge in [0.15, 0.2) is 0 Å². The van der Waals surface area contributed by atoms with E-state index in [2.05, 4.69) is 54.3 Å². The molecule has 0 radical (unpaired) electrons. The topological polar surface area (TPSA) is 214 Å². The van der Waals surface area contributed by atoms with Gasteiger partial charge in [-0.1, -0.05) is 125 Å². The number of carbonyl (C=O) groups is 9. The fraction of sp³-hybridized carbons (Fsp3) is 0.847. The summed E-state index contributed by atoms with van der Waals surface area (Å²) in [5.74, 6) is 2.51. The van der Waals surface area contributed by atoms with Crippen LogP contribution in [0.1, 0.15) is 288 Å². The van der Waals surface area contributed by atoms with E-state index < -0.39 is 0 Å². The Hall–Kier alpha value is -3.97. The molecule has 0 bridgehead atoms. The van der Waals surface area contributed by atoms with E-state index in [9.17, 15) is 43.2 Å². The van der Waals surface area contributed by atoms with E-state index in [1.54, 1.807) is 0 Å². The van der Waals surface area contributed by atoms with Gasteiger partial charge in [-0.25, -0.2) is 0 Å². The number of hydrogen-bond donors (Lipinski definition) is 5. The normalized spacial score (nSPS) is 10.4. The Morgan fingerprint density at radius 1 is 0.384 bits per heavy atom. The third kappa shape index (κ3) is 82.3. The van der Waals surface area contributed by atoms with Gasteiger partial charge in [0.25, 0.3) is 0 Å². The van der Waals surface area contributed by atoms with Crippen LogP contribution in [0.2, 0.25) is 0 Å². The zero-order chi connectivity index (χ0) is 59.4. The molecule has 14 heteroatoms. The van der Waals surface area contributed by atoms with Crippen LogP contribution in [0.3, 0.4) is 0 Å². The molecule has 2 atom stereocenters. The highest BCUT2D eigenvalue weighted by molar-refractivity contribution is 5.84. The van der Waals surface area contributed by atoms with Crippen LogP contribution >= 0.6 is 0 Å². The molecule has 0 fully saturated rings. The molecule has 14 nitrogen and oxygen atoms in total. The van der Waals surface area contributed by atoms with Crippen molar-refractivity contribution < 1.29 is 43.2 Å². The van der Waals surface area contributed by atoms with Gasteiger partial charge in [0.05, 0.1) is 0 Å². The highest BCUT2D eigenvalue weighted by Crippen LogP contribution is 2.23. The standard InChI is InChI=1S/C9H18O.C8H17NO.C8H16O.C7H15NO.2C6H12O.3C5H11NO/c1-5-7-8(10)9(3,4)6-2;1-5-7(10)9-8(3,4)6-2;1-4-6-8(9)7(3)5-2;1-4-6(3)8-7(9)5-2;2*1-3-5-6(7)4-2;3*1-3-5(7)6-4-2/h5-7H2,1-4H3;5-6H2,1-4H3,(H,9,10);7H,4-6H2,1-3H3;6H,4-5H2,1-3H3,(H,8,9);2*3-5H2,1-2H3;3*3-4H2,1-2H3,(H,6,7). The summed E-state index contributed by atoms with van der Waals surface area (Å²) in [6, 6.07) is 0.331. The zero-order valence-electron chi connectivity index (χ0n) is 52.4. The number of carbonyl (C=O) groups excluding carboxylic acids is 9. The average molecular weight is 1050 g/mol. The second-order valence-electron chi connectivity index (χ2n) is 18.5. The Morgan fingerprint density at radius 3 is 0.904 bits per heavy atom. The number of Topliss-reactive ketones (excluding diaryl/α,β-unsaturated/α-hetero) is 4. The second-order valence-corrected chi connectivity index (χ2v) is 18.5. The molecule has 0 saturated carbocycles. The Bertz CT molecular complexity index is 1230. The lowest BCUT2D eigenvalue weighted by Gasteiger charge is -2.23. The van der Waals surface area contributed by atoms with Gasteiger partial charge in [-0.15, -0.1) is 0 Å². The molecule has 0 rings (SSSR count). The number of amides is 5. The molecule has 0 heterocycles. The van der Waals surface area contributed by atoms with Crippen LogP contribution in [-0.4, -0.2) is 83.9 Å². The number of nitrogens with one attached hydrogen (secondary N) is 5. The molecule has 73 heavy (non-hydrogen) atoms. The Balaban J connectivity index is -0.0000000905. The fourth-order valence-corrected chi connectivity index (χ4v) is 4.39. The lowest BCUT2D eigenvalue weighted by Crippen LogP contribution is -2.42. The lowest BCUT2D eigenvalue weighted by molar-refractivity contribution is -0.127. The molecular weight excluding hydrogens is 923 g/mol. The monoisotopic (exact) mass is 1050 g/mol. The molecule has 0 aliphatic rings. The van der Waals surface area contributed by atoms with E-state index in [0.29, 0.717) is 74.1 Å². The minimum atomic E-state index is -0.0873. The van der Waals surface area contributed by atoms with Gasteiger partial charge in [-0.05, 0) is 92.9 Å². The van der Waals surface area contributed by atoms with Crippen LogP contribution in [-0.2, 0) is 43.2 Å². The first-order chi connectivity index (χ1) is 34.0. The predicted molar refractivity (Wildman–Crippen MR) is 312 cm³/mol. The molecule has 0 aromatic heterocycles. The predicted octanol–water partition coefficient (Wildman–Crippen LogP) is 13.3.